The van der Waals surface area contributed by atoms with Crippen molar-refractivity contribution >= 4 is 5.91 Å². The van der Waals surface area contributed by atoms with Crippen molar-refractivity contribution in [1.82, 2.24) is 10.2 Å². The van der Waals surface area contributed by atoms with E-state index in [1.807, 2.05) is 32.6 Å². The lowest BCUT2D eigenvalue weighted by Gasteiger charge is -2.48. The fourth-order valence-corrected chi connectivity index (χ4v) is 2.50. The van der Waals surface area contributed by atoms with Gasteiger partial charge in [0.15, 0.2) is 0 Å². The molecule has 1 heterocycles. The van der Waals surface area contributed by atoms with Gasteiger partial charge in [-0.1, -0.05) is 0 Å². The van der Waals surface area contributed by atoms with E-state index in [-0.39, 0.29) is 17.0 Å². The zero-order valence-corrected chi connectivity index (χ0v) is 11.3. The third kappa shape index (κ3) is 3.19. The number of carbonyl (C=O) groups excluding carboxylic acids is 1. The average Bonchev–Trinajstić information content (AvgIpc) is 1.93. The van der Waals surface area contributed by atoms with Crippen LogP contribution in [-0.4, -0.2) is 40.5 Å². The van der Waals surface area contributed by atoms with Crippen molar-refractivity contribution in [1.29, 1.82) is 0 Å². The number of piperazine rings is 1. The third-order valence-corrected chi connectivity index (χ3v) is 2.66. The van der Waals surface area contributed by atoms with Gasteiger partial charge in [0.25, 0.3) is 0 Å². The van der Waals surface area contributed by atoms with Gasteiger partial charge in [0, 0.05) is 24.2 Å². The van der Waals surface area contributed by atoms with Crippen LogP contribution in [0.3, 0.4) is 0 Å². The molecule has 0 aromatic rings. The normalized spacial score (nSPS) is 24.7. The molecule has 16 heavy (non-hydrogen) atoms. The number of nitrogens with zero attached hydrogens (tertiary/aromatic N) is 1. The summed E-state index contributed by atoms with van der Waals surface area (Å²) in [5.41, 5.74) is 5.07. The molecule has 1 aliphatic heterocycles. The van der Waals surface area contributed by atoms with Crippen LogP contribution in [0.1, 0.15) is 41.5 Å². The van der Waals surface area contributed by atoms with Gasteiger partial charge >= 0.3 is 0 Å². The molecule has 0 unspecified atom stereocenters. The molecule has 0 aliphatic carbocycles. The Kier molecular flexibility index (Phi) is 3.12. The highest BCUT2D eigenvalue weighted by Crippen LogP contribution is 2.23. The second kappa shape index (κ2) is 3.70. The molecule has 4 heteroatoms. The largest absolute Gasteiger partial charge is 0.337 e. The van der Waals surface area contributed by atoms with E-state index < -0.39 is 5.54 Å². The molecule has 0 radical (unpaired) electrons. The summed E-state index contributed by atoms with van der Waals surface area (Å²) in [6.07, 6.45) is 0. The Bertz CT molecular complexity index is 287. The van der Waals surface area contributed by atoms with Crippen molar-refractivity contribution in [2.24, 2.45) is 5.73 Å². The van der Waals surface area contributed by atoms with Crippen LogP contribution in [0.25, 0.3) is 0 Å². The zero-order valence-electron chi connectivity index (χ0n) is 11.3. The first-order valence-electron chi connectivity index (χ1n) is 5.81. The fraction of sp³-hybridized carbons (Fsp3) is 0.917. The number of nitrogens with two attached hydrogens (primary N) is 1. The van der Waals surface area contributed by atoms with Gasteiger partial charge in [-0.05, 0) is 41.5 Å². The number of hydrogen-bond acceptors (Lipinski definition) is 3. The van der Waals surface area contributed by atoms with Gasteiger partial charge in [-0.3, -0.25) is 10.1 Å². The summed E-state index contributed by atoms with van der Waals surface area (Å²) in [6, 6.07) is 0. The Morgan fingerprint density at radius 1 is 1.38 bits per heavy atom. The van der Waals surface area contributed by atoms with Crippen LogP contribution in [0, 0.1) is 0 Å². The van der Waals surface area contributed by atoms with E-state index in [0.29, 0.717) is 13.1 Å². The van der Waals surface area contributed by atoms with Gasteiger partial charge in [-0.2, -0.15) is 0 Å². The molecule has 0 aromatic heterocycles. The van der Waals surface area contributed by atoms with Crippen molar-refractivity contribution in [2.75, 3.05) is 13.1 Å². The Morgan fingerprint density at radius 3 is 2.31 bits per heavy atom. The topological polar surface area (TPSA) is 58.4 Å². The predicted molar refractivity (Wildman–Crippen MR) is 66.1 cm³/mol. The molecule has 3 N–H and O–H groups in total. The Hall–Kier alpha value is -0.610. The van der Waals surface area contributed by atoms with E-state index in [1.54, 1.807) is 0 Å². The first-order valence-corrected chi connectivity index (χ1v) is 5.81. The van der Waals surface area contributed by atoms with Gasteiger partial charge in [0.05, 0.1) is 5.54 Å². The zero-order chi connectivity index (χ0) is 12.8. The molecule has 94 valence electrons. The van der Waals surface area contributed by atoms with Crippen LogP contribution in [0.2, 0.25) is 0 Å². The predicted octanol–water partition coefficient (Wildman–Crippen LogP) is 0.713. The second-order valence-electron chi connectivity index (χ2n) is 6.78. The number of carbonyl (C=O) groups is 1. The van der Waals surface area contributed by atoms with Crippen molar-refractivity contribution in [3.8, 4) is 0 Å². The van der Waals surface area contributed by atoms with Crippen molar-refractivity contribution in [2.45, 2.75) is 58.2 Å². The molecule has 4 nitrogen and oxygen atoms in total. The lowest BCUT2D eigenvalue weighted by atomic mass is 9.89. The highest BCUT2D eigenvalue weighted by atomic mass is 16.2. The molecule has 0 spiro atoms. The highest BCUT2D eigenvalue weighted by Gasteiger charge is 2.43. The molecule has 0 atom stereocenters. The van der Waals surface area contributed by atoms with E-state index >= 15 is 0 Å². The van der Waals surface area contributed by atoms with Crippen LogP contribution in [0.4, 0.5) is 0 Å². The van der Waals surface area contributed by atoms with Crippen molar-refractivity contribution in [3.05, 3.63) is 0 Å². The van der Waals surface area contributed by atoms with Gasteiger partial charge in [0.2, 0.25) is 5.91 Å². The number of amides is 1. The van der Waals surface area contributed by atoms with E-state index in [1.165, 1.54) is 0 Å². The van der Waals surface area contributed by atoms with Crippen LogP contribution in [-0.2, 0) is 4.79 Å². The molecule has 0 saturated carbocycles. The highest BCUT2D eigenvalue weighted by molar-refractivity contribution is 5.86. The Labute approximate surface area is 98.6 Å². The van der Waals surface area contributed by atoms with Gasteiger partial charge < -0.3 is 10.6 Å². The maximum absolute atomic E-state index is 12.2. The van der Waals surface area contributed by atoms with Crippen molar-refractivity contribution in [3.63, 3.8) is 0 Å². The average molecular weight is 227 g/mol. The van der Waals surface area contributed by atoms with Crippen LogP contribution >= 0.6 is 0 Å². The Morgan fingerprint density at radius 2 is 1.88 bits per heavy atom. The molecule has 1 saturated heterocycles. The fourth-order valence-electron chi connectivity index (χ4n) is 2.50. The summed E-state index contributed by atoms with van der Waals surface area (Å²) in [4.78, 5) is 14.1. The molecule has 0 aromatic carbocycles. The van der Waals surface area contributed by atoms with Gasteiger partial charge in [-0.25, -0.2) is 0 Å². The third-order valence-electron chi connectivity index (χ3n) is 2.66. The number of rotatable bonds is 2. The molecular weight excluding hydrogens is 202 g/mol. The smallest absolute Gasteiger partial charge is 0.242 e. The van der Waals surface area contributed by atoms with E-state index in [4.69, 9.17) is 5.73 Å². The summed E-state index contributed by atoms with van der Waals surface area (Å²) in [7, 11) is 0. The first kappa shape index (κ1) is 13.5. The van der Waals surface area contributed by atoms with Gasteiger partial charge in [0.1, 0.15) is 0 Å². The minimum Gasteiger partial charge on any atom is -0.337 e. The van der Waals surface area contributed by atoms with E-state index in [9.17, 15) is 4.79 Å². The minimum absolute atomic E-state index is 0.0668. The molecule has 1 rings (SSSR count). The van der Waals surface area contributed by atoms with Crippen LogP contribution in [0.15, 0.2) is 0 Å². The first-order chi connectivity index (χ1) is 6.93. The molecule has 0 bridgehead atoms. The summed E-state index contributed by atoms with van der Waals surface area (Å²) < 4.78 is 0. The maximum Gasteiger partial charge on any atom is 0.242 e. The summed E-state index contributed by atoms with van der Waals surface area (Å²) in [5.74, 6) is 0.130. The van der Waals surface area contributed by atoms with Crippen molar-refractivity contribution < 1.29 is 4.79 Å². The quantitative estimate of drug-likeness (QED) is 0.730. The summed E-state index contributed by atoms with van der Waals surface area (Å²) in [5, 5.41) is 3.37. The summed E-state index contributed by atoms with van der Waals surface area (Å²) in [6.45, 7) is 13.3. The lowest BCUT2D eigenvalue weighted by molar-refractivity contribution is -0.144. The van der Waals surface area contributed by atoms with E-state index in [0.717, 1.165) is 0 Å². The molecular formula is C12H25N3O. The number of hydrogen-bond donors (Lipinski definition) is 2. The second-order valence-corrected chi connectivity index (χ2v) is 6.78. The molecule has 1 aliphatic rings. The SMILES string of the molecule is CC(C)(N)CN1CC(C)(C)NC(C)(C)C1=O. The van der Waals surface area contributed by atoms with E-state index in [2.05, 4.69) is 19.2 Å². The number of nitrogens with one attached hydrogen (secondary N) is 1. The molecule has 1 fully saturated rings. The Balaban J connectivity index is 2.88. The standard InChI is InChI=1S/C12H25N3O/c1-10(2,13)7-15-8-11(3,4)14-12(5,6)9(15)16/h14H,7-8,13H2,1-6H3. The minimum atomic E-state index is -0.507. The summed E-state index contributed by atoms with van der Waals surface area (Å²) >= 11 is 0. The molecule has 1 amide bonds. The van der Waals surface area contributed by atoms with Crippen LogP contribution < -0.4 is 11.1 Å². The maximum atomic E-state index is 12.2. The monoisotopic (exact) mass is 227 g/mol. The lowest BCUT2D eigenvalue weighted by Crippen LogP contribution is -2.71. The van der Waals surface area contributed by atoms with Crippen LogP contribution in [0.5, 0.6) is 0 Å². The van der Waals surface area contributed by atoms with Gasteiger partial charge in [-0.15, -0.1) is 0 Å².